The van der Waals surface area contributed by atoms with Gasteiger partial charge >= 0.3 is 0 Å². The summed E-state index contributed by atoms with van der Waals surface area (Å²) >= 11 is 0. The van der Waals surface area contributed by atoms with Crippen LogP contribution in [0.3, 0.4) is 0 Å². The first-order chi connectivity index (χ1) is 11.0. The van der Waals surface area contributed by atoms with Crippen molar-refractivity contribution in [3.8, 4) is 11.4 Å². The van der Waals surface area contributed by atoms with Crippen LogP contribution in [0.2, 0.25) is 0 Å². The Morgan fingerprint density at radius 1 is 0.913 bits per heavy atom. The monoisotopic (exact) mass is 309 g/mol. The van der Waals surface area contributed by atoms with Gasteiger partial charge in [0.2, 0.25) is 0 Å². The number of aryl methyl sites for hydroxylation is 5. The molecule has 0 aliphatic heterocycles. The van der Waals surface area contributed by atoms with E-state index in [-0.39, 0.29) is 0 Å². The average Bonchev–Trinajstić information content (AvgIpc) is 2.77. The Morgan fingerprint density at radius 3 is 1.96 bits per heavy atom. The number of rotatable bonds is 3. The van der Waals surface area contributed by atoms with Gasteiger partial charge < -0.3 is 9.30 Å². The molecule has 0 atom stereocenters. The highest BCUT2D eigenvalue weighted by Crippen LogP contribution is 2.33. The van der Waals surface area contributed by atoms with E-state index in [1.54, 1.807) is 0 Å². The third kappa shape index (κ3) is 2.38. The van der Waals surface area contributed by atoms with Crippen molar-refractivity contribution in [2.75, 3.05) is 6.61 Å². The second-order valence-electron chi connectivity index (χ2n) is 6.01. The van der Waals surface area contributed by atoms with Crippen LogP contribution in [0, 0.1) is 34.6 Å². The maximum Gasteiger partial charge on any atom is 0.119 e. The molecule has 4 heteroatoms. The van der Waals surface area contributed by atoms with E-state index in [4.69, 9.17) is 4.74 Å². The van der Waals surface area contributed by atoms with E-state index in [0.717, 1.165) is 17.1 Å². The van der Waals surface area contributed by atoms with Gasteiger partial charge in [0, 0.05) is 27.8 Å². The van der Waals surface area contributed by atoms with Gasteiger partial charge in [-0.25, -0.2) is 0 Å². The van der Waals surface area contributed by atoms with Crippen molar-refractivity contribution in [1.82, 2.24) is 14.8 Å². The summed E-state index contributed by atoms with van der Waals surface area (Å²) in [4.78, 5) is 0. The lowest BCUT2D eigenvalue weighted by Gasteiger charge is -2.14. The van der Waals surface area contributed by atoms with E-state index in [2.05, 4.69) is 47.7 Å². The van der Waals surface area contributed by atoms with Crippen molar-refractivity contribution in [3.05, 3.63) is 46.5 Å². The van der Waals surface area contributed by atoms with Gasteiger partial charge in [0.05, 0.1) is 18.0 Å². The first-order valence-corrected chi connectivity index (χ1v) is 8.01. The number of fused-ring (bicyclic) bond motifs is 1. The minimum absolute atomic E-state index is 0.681. The Labute approximate surface area is 137 Å². The molecule has 3 aromatic rings. The summed E-state index contributed by atoms with van der Waals surface area (Å²) in [5, 5.41) is 11.0. The van der Waals surface area contributed by atoms with Crippen molar-refractivity contribution in [2.24, 2.45) is 0 Å². The summed E-state index contributed by atoms with van der Waals surface area (Å²) in [6.45, 7) is 13.2. The molecule has 0 spiro atoms. The normalized spacial score (nSPS) is 11.2. The SMILES string of the molecule is CCOc1ccc(-n2c(C)c3c(C)nnc(C)c3c2C)c(C)c1. The predicted molar refractivity (Wildman–Crippen MR) is 93.7 cm³/mol. The van der Waals surface area contributed by atoms with E-state index in [0.29, 0.717) is 6.61 Å². The first kappa shape index (κ1) is 15.5. The smallest absolute Gasteiger partial charge is 0.119 e. The molecule has 0 bridgehead atoms. The van der Waals surface area contributed by atoms with Crippen LogP contribution in [0.15, 0.2) is 18.2 Å². The van der Waals surface area contributed by atoms with E-state index < -0.39 is 0 Å². The second-order valence-corrected chi connectivity index (χ2v) is 6.01. The van der Waals surface area contributed by atoms with E-state index in [9.17, 15) is 0 Å². The van der Waals surface area contributed by atoms with Gasteiger partial charge in [-0.1, -0.05) is 0 Å². The minimum Gasteiger partial charge on any atom is -0.494 e. The summed E-state index contributed by atoms with van der Waals surface area (Å²) in [5.41, 5.74) is 6.75. The Balaban J connectivity index is 2.29. The molecular weight excluding hydrogens is 286 g/mol. The van der Waals surface area contributed by atoms with Crippen LogP contribution in [0.1, 0.15) is 35.3 Å². The Hall–Kier alpha value is -2.36. The van der Waals surface area contributed by atoms with E-state index >= 15 is 0 Å². The van der Waals surface area contributed by atoms with Crippen LogP contribution in [-0.4, -0.2) is 21.4 Å². The summed E-state index contributed by atoms with van der Waals surface area (Å²) < 4.78 is 7.91. The molecule has 0 aliphatic carbocycles. The van der Waals surface area contributed by atoms with Crippen molar-refractivity contribution in [3.63, 3.8) is 0 Å². The Kier molecular flexibility index (Phi) is 3.84. The third-order valence-electron chi connectivity index (χ3n) is 4.44. The van der Waals surface area contributed by atoms with Gasteiger partial charge in [0.1, 0.15) is 5.75 Å². The van der Waals surface area contributed by atoms with E-state index in [1.165, 1.54) is 33.4 Å². The summed E-state index contributed by atoms with van der Waals surface area (Å²) in [6.07, 6.45) is 0. The number of aromatic nitrogens is 3. The molecule has 0 unspecified atom stereocenters. The summed E-state index contributed by atoms with van der Waals surface area (Å²) in [5.74, 6) is 0.913. The predicted octanol–water partition coefficient (Wildman–Crippen LogP) is 4.36. The fourth-order valence-corrected chi connectivity index (χ4v) is 3.47. The molecule has 0 saturated carbocycles. The average molecular weight is 309 g/mol. The number of hydrogen-bond acceptors (Lipinski definition) is 3. The summed E-state index contributed by atoms with van der Waals surface area (Å²) in [6, 6.07) is 6.26. The van der Waals surface area contributed by atoms with Gasteiger partial charge in [0.25, 0.3) is 0 Å². The van der Waals surface area contributed by atoms with Crippen LogP contribution in [0.4, 0.5) is 0 Å². The largest absolute Gasteiger partial charge is 0.494 e. The zero-order valence-electron chi connectivity index (χ0n) is 14.7. The van der Waals surface area contributed by atoms with E-state index in [1.807, 2.05) is 26.8 Å². The van der Waals surface area contributed by atoms with Gasteiger partial charge in [-0.3, -0.25) is 0 Å². The highest BCUT2D eigenvalue weighted by Gasteiger charge is 2.18. The zero-order chi connectivity index (χ0) is 16.7. The molecule has 4 nitrogen and oxygen atoms in total. The highest BCUT2D eigenvalue weighted by molar-refractivity contribution is 5.92. The minimum atomic E-state index is 0.681. The van der Waals surface area contributed by atoms with Gasteiger partial charge in [-0.05, 0) is 65.3 Å². The molecule has 23 heavy (non-hydrogen) atoms. The molecule has 1 aromatic carbocycles. The molecule has 0 N–H and O–H groups in total. The molecule has 2 aromatic heterocycles. The lowest BCUT2D eigenvalue weighted by Crippen LogP contribution is -2.02. The molecule has 0 radical (unpaired) electrons. The third-order valence-corrected chi connectivity index (χ3v) is 4.44. The van der Waals surface area contributed by atoms with Gasteiger partial charge in [-0.15, -0.1) is 0 Å². The van der Waals surface area contributed by atoms with Crippen molar-refractivity contribution in [2.45, 2.75) is 41.5 Å². The van der Waals surface area contributed by atoms with Gasteiger partial charge in [0.15, 0.2) is 0 Å². The fraction of sp³-hybridized carbons (Fsp3) is 0.368. The molecule has 0 fully saturated rings. The number of benzene rings is 1. The molecular formula is C19H23N3O. The topological polar surface area (TPSA) is 39.9 Å². The Bertz CT molecular complexity index is 849. The quantitative estimate of drug-likeness (QED) is 0.721. The Morgan fingerprint density at radius 2 is 1.48 bits per heavy atom. The van der Waals surface area contributed by atoms with Crippen LogP contribution in [0.5, 0.6) is 5.75 Å². The number of hydrogen-bond donors (Lipinski definition) is 0. The maximum atomic E-state index is 5.61. The van der Waals surface area contributed by atoms with Crippen molar-refractivity contribution in [1.29, 1.82) is 0 Å². The van der Waals surface area contributed by atoms with Crippen molar-refractivity contribution >= 4 is 10.8 Å². The van der Waals surface area contributed by atoms with Crippen LogP contribution < -0.4 is 4.74 Å². The lowest BCUT2D eigenvalue weighted by atomic mass is 10.1. The molecule has 120 valence electrons. The molecule has 3 rings (SSSR count). The van der Waals surface area contributed by atoms with Gasteiger partial charge in [-0.2, -0.15) is 10.2 Å². The molecule has 0 saturated heterocycles. The summed E-state index contributed by atoms with van der Waals surface area (Å²) in [7, 11) is 0. The number of nitrogens with zero attached hydrogens (tertiary/aromatic N) is 3. The standard InChI is InChI=1S/C19H23N3O/c1-7-23-16-8-9-17(11(2)10-16)22-14(5)18-12(3)20-21-13(4)19(18)15(22)6/h8-10H,7H2,1-6H3. The zero-order valence-corrected chi connectivity index (χ0v) is 14.7. The molecule has 0 aliphatic rings. The molecule has 0 amide bonds. The number of ether oxygens (including phenoxy) is 1. The maximum absolute atomic E-state index is 5.61. The first-order valence-electron chi connectivity index (χ1n) is 8.01. The van der Waals surface area contributed by atoms with Crippen LogP contribution in [-0.2, 0) is 0 Å². The highest BCUT2D eigenvalue weighted by atomic mass is 16.5. The van der Waals surface area contributed by atoms with Crippen LogP contribution in [0.25, 0.3) is 16.5 Å². The molecule has 2 heterocycles. The lowest BCUT2D eigenvalue weighted by molar-refractivity contribution is 0.340. The van der Waals surface area contributed by atoms with Crippen molar-refractivity contribution < 1.29 is 4.74 Å². The fourth-order valence-electron chi connectivity index (χ4n) is 3.47. The second kappa shape index (κ2) is 5.69. The van der Waals surface area contributed by atoms with Crippen LogP contribution >= 0.6 is 0 Å².